The Morgan fingerprint density at radius 3 is 2.78 bits per heavy atom. The van der Waals surface area contributed by atoms with Gasteiger partial charge in [0.15, 0.2) is 0 Å². The van der Waals surface area contributed by atoms with Gasteiger partial charge in [-0.3, -0.25) is 4.79 Å². The van der Waals surface area contributed by atoms with Crippen LogP contribution in [0.2, 0.25) is 0 Å². The van der Waals surface area contributed by atoms with E-state index in [0.717, 1.165) is 29.7 Å². The maximum Gasteiger partial charge on any atom is 0.223 e. The van der Waals surface area contributed by atoms with Gasteiger partial charge in [0.05, 0.1) is 0 Å². The Morgan fingerprint density at radius 1 is 1.33 bits per heavy atom. The number of hydrogen-bond acceptors (Lipinski definition) is 2. The first-order valence-electron chi connectivity index (χ1n) is 6.80. The van der Waals surface area contributed by atoms with E-state index in [4.69, 9.17) is 5.73 Å². The van der Waals surface area contributed by atoms with Gasteiger partial charge in [-0.2, -0.15) is 0 Å². The minimum absolute atomic E-state index is 0.205. The van der Waals surface area contributed by atoms with Crippen LogP contribution in [0.3, 0.4) is 0 Å². The highest BCUT2D eigenvalue weighted by Gasteiger charge is 2.20. The van der Waals surface area contributed by atoms with Gasteiger partial charge in [-0.1, -0.05) is 31.4 Å². The van der Waals surface area contributed by atoms with Crippen LogP contribution in [0.5, 0.6) is 0 Å². The lowest BCUT2D eigenvalue weighted by atomic mass is 9.88. The van der Waals surface area contributed by atoms with Crippen molar-refractivity contribution in [3.63, 3.8) is 0 Å². The van der Waals surface area contributed by atoms with Crippen LogP contribution in [0, 0.1) is 12.8 Å². The Kier molecular flexibility index (Phi) is 4.24. The van der Waals surface area contributed by atoms with Crippen molar-refractivity contribution in [3.8, 4) is 0 Å². The molecule has 1 amide bonds. The predicted octanol–water partition coefficient (Wildman–Crippen LogP) is 2.77. The molecular weight excluding hydrogens is 224 g/mol. The zero-order valence-electron chi connectivity index (χ0n) is 11.0. The van der Waals surface area contributed by atoms with Crippen molar-refractivity contribution in [3.05, 3.63) is 29.3 Å². The third-order valence-corrected chi connectivity index (χ3v) is 3.92. The lowest BCUT2D eigenvalue weighted by molar-refractivity contribution is -0.126. The molecule has 0 bridgehead atoms. The van der Waals surface area contributed by atoms with Gasteiger partial charge in [0.1, 0.15) is 0 Å². The van der Waals surface area contributed by atoms with Gasteiger partial charge in [-0.05, 0) is 37.0 Å². The van der Waals surface area contributed by atoms with Gasteiger partial charge in [0, 0.05) is 18.2 Å². The molecular formula is C15H22N2O. The van der Waals surface area contributed by atoms with E-state index in [1.165, 1.54) is 19.3 Å². The first-order chi connectivity index (χ1) is 8.68. The van der Waals surface area contributed by atoms with Crippen molar-refractivity contribution in [1.29, 1.82) is 0 Å². The molecule has 1 saturated carbocycles. The number of benzene rings is 1. The van der Waals surface area contributed by atoms with Crippen LogP contribution in [-0.4, -0.2) is 5.91 Å². The van der Waals surface area contributed by atoms with Crippen molar-refractivity contribution in [2.45, 2.75) is 45.6 Å². The summed E-state index contributed by atoms with van der Waals surface area (Å²) in [4.78, 5) is 12.0. The number of nitrogens with two attached hydrogens (primary N) is 1. The van der Waals surface area contributed by atoms with E-state index in [1.54, 1.807) is 0 Å². The first kappa shape index (κ1) is 12.9. The number of amides is 1. The zero-order chi connectivity index (χ0) is 13.0. The summed E-state index contributed by atoms with van der Waals surface area (Å²) >= 11 is 0. The second-order valence-corrected chi connectivity index (χ2v) is 5.18. The van der Waals surface area contributed by atoms with Crippen LogP contribution in [-0.2, 0) is 11.3 Å². The Hall–Kier alpha value is -1.51. The second kappa shape index (κ2) is 5.89. The van der Waals surface area contributed by atoms with Crippen LogP contribution in [0.25, 0.3) is 0 Å². The fourth-order valence-corrected chi connectivity index (χ4v) is 2.59. The minimum Gasteiger partial charge on any atom is -0.399 e. The third-order valence-electron chi connectivity index (χ3n) is 3.92. The molecule has 1 aromatic carbocycles. The topological polar surface area (TPSA) is 55.1 Å². The molecule has 0 aliphatic heterocycles. The summed E-state index contributed by atoms with van der Waals surface area (Å²) < 4.78 is 0. The summed E-state index contributed by atoms with van der Waals surface area (Å²) in [7, 11) is 0. The monoisotopic (exact) mass is 246 g/mol. The van der Waals surface area contributed by atoms with Crippen molar-refractivity contribution in [2.75, 3.05) is 5.73 Å². The van der Waals surface area contributed by atoms with E-state index < -0.39 is 0 Å². The van der Waals surface area contributed by atoms with Gasteiger partial charge < -0.3 is 11.1 Å². The number of nitrogens with one attached hydrogen (secondary N) is 1. The Balaban J connectivity index is 1.90. The average Bonchev–Trinajstić information content (AvgIpc) is 2.41. The number of hydrogen-bond donors (Lipinski definition) is 2. The molecule has 0 unspecified atom stereocenters. The molecule has 0 spiro atoms. The van der Waals surface area contributed by atoms with E-state index in [9.17, 15) is 4.79 Å². The van der Waals surface area contributed by atoms with Crippen LogP contribution in [0.4, 0.5) is 5.69 Å². The summed E-state index contributed by atoms with van der Waals surface area (Å²) in [5.74, 6) is 0.427. The van der Waals surface area contributed by atoms with Crippen LogP contribution >= 0.6 is 0 Å². The van der Waals surface area contributed by atoms with Crippen molar-refractivity contribution >= 4 is 11.6 Å². The van der Waals surface area contributed by atoms with E-state index in [1.807, 2.05) is 25.1 Å². The SMILES string of the molecule is Cc1c(N)cccc1CNC(=O)C1CCCCC1. The molecule has 2 rings (SSSR count). The maximum atomic E-state index is 12.0. The van der Waals surface area contributed by atoms with Gasteiger partial charge >= 0.3 is 0 Å². The number of rotatable bonds is 3. The number of carbonyl (C=O) groups excluding carboxylic acids is 1. The van der Waals surface area contributed by atoms with Crippen LogP contribution in [0.1, 0.15) is 43.2 Å². The highest BCUT2D eigenvalue weighted by atomic mass is 16.1. The quantitative estimate of drug-likeness (QED) is 0.806. The normalized spacial score (nSPS) is 16.5. The smallest absolute Gasteiger partial charge is 0.223 e. The van der Waals surface area contributed by atoms with Crippen LogP contribution in [0.15, 0.2) is 18.2 Å². The molecule has 3 heteroatoms. The van der Waals surface area contributed by atoms with Gasteiger partial charge in [-0.25, -0.2) is 0 Å². The number of anilines is 1. The standard InChI is InChI=1S/C15H22N2O/c1-11-13(8-5-9-14(11)16)10-17-15(18)12-6-3-2-4-7-12/h5,8-9,12H,2-4,6-7,10,16H2,1H3,(H,17,18). The molecule has 0 aromatic heterocycles. The molecule has 3 nitrogen and oxygen atoms in total. The molecule has 0 heterocycles. The Bertz CT molecular complexity index is 423. The summed E-state index contributed by atoms with van der Waals surface area (Å²) in [6.07, 6.45) is 5.74. The molecule has 18 heavy (non-hydrogen) atoms. The van der Waals surface area contributed by atoms with E-state index >= 15 is 0 Å². The average molecular weight is 246 g/mol. The van der Waals surface area contributed by atoms with Crippen LogP contribution < -0.4 is 11.1 Å². The summed E-state index contributed by atoms with van der Waals surface area (Å²) in [5.41, 5.74) is 8.83. The molecule has 1 aliphatic rings. The van der Waals surface area contributed by atoms with Crippen molar-refractivity contribution in [1.82, 2.24) is 5.32 Å². The molecule has 1 fully saturated rings. The summed E-state index contributed by atoms with van der Waals surface area (Å²) in [5, 5.41) is 3.04. The van der Waals surface area contributed by atoms with E-state index in [2.05, 4.69) is 5.32 Å². The minimum atomic E-state index is 0.205. The highest BCUT2D eigenvalue weighted by molar-refractivity contribution is 5.78. The van der Waals surface area contributed by atoms with E-state index in [-0.39, 0.29) is 11.8 Å². The summed E-state index contributed by atoms with van der Waals surface area (Å²) in [6, 6.07) is 5.85. The van der Waals surface area contributed by atoms with E-state index in [0.29, 0.717) is 6.54 Å². The Labute approximate surface area is 109 Å². The zero-order valence-corrected chi connectivity index (χ0v) is 11.0. The third kappa shape index (κ3) is 3.03. The maximum absolute atomic E-state index is 12.0. The largest absolute Gasteiger partial charge is 0.399 e. The molecule has 0 radical (unpaired) electrons. The molecule has 3 N–H and O–H groups in total. The highest BCUT2D eigenvalue weighted by Crippen LogP contribution is 2.24. The molecule has 1 aliphatic carbocycles. The lowest BCUT2D eigenvalue weighted by Gasteiger charge is -2.21. The molecule has 98 valence electrons. The number of carbonyl (C=O) groups is 1. The fraction of sp³-hybridized carbons (Fsp3) is 0.533. The van der Waals surface area contributed by atoms with Crippen molar-refractivity contribution in [2.24, 2.45) is 5.92 Å². The first-order valence-corrected chi connectivity index (χ1v) is 6.80. The lowest BCUT2D eigenvalue weighted by Crippen LogP contribution is -2.31. The Morgan fingerprint density at radius 2 is 2.06 bits per heavy atom. The summed E-state index contributed by atoms with van der Waals surface area (Å²) in [6.45, 7) is 2.59. The van der Waals surface area contributed by atoms with Gasteiger partial charge in [0.2, 0.25) is 5.91 Å². The molecule has 1 aromatic rings. The molecule has 0 saturated heterocycles. The number of nitrogen functional groups attached to an aromatic ring is 1. The van der Waals surface area contributed by atoms with Crippen molar-refractivity contribution < 1.29 is 4.79 Å². The predicted molar refractivity (Wildman–Crippen MR) is 74.0 cm³/mol. The second-order valence-electron chi connectivity index (χ2n) is 5.18. The fourth-order valence-electron chi connectivity index (χ4n) is 2.59. The molecule has 0 atom stereocenters. The van der Waals surface area contributed by atoms with Gasteiger partial charge in [-0.15, -0.1) is 0 Å². The van der Waals surface area contributed by atoms with Gasteiger partial charge in [0.25, 0.3) is 0 Å².